The number of para-hydroxylation sites is 1. The van der Waals surface area contributed by atoms with E-state index >= 15 is 0 Å². The van der Waals surface area contributed by atoms with Crippen molar-refractivity contribution in [3.63, 3.8) is 0 Å². The Labute approximate surface area is 161 Å². The molecule has 0 spiro atoms. The summed E-state index contributed by atoms with van der Waals surface area (Å²) in [7, 11) is 0. The maximum Gasteiger partial charge on any atom is 0.255 e. The summed E-state index contributed by atoms with van der Waals surface area (Å²) in [5.74, 6) is 0.416. The van der Waals surface area contributed by atoms with Crippen molar-refractivity contribution in [3.8, 4) is 5.75 Å². The Kier molecular flexibility index (Phi) is 6.82. The van der Waals surface area contributed by atoms with E-state index in [-0.39, 0.29) is 18.6 Å². The molecule has 1 aliphatic rings. The molecule has 1 fully saturated rings. The second-order valence-corrected chi connectivity index (χ2v) is 7.17. The van der Waals surface area contributed by atoms with Crippen LogP contribution in [0.1, 0.15) is 43.4 Å². The minimum atomic E-state index is -1.18. The van der Waals surface area contributed by atoms with Crippen molar-refractivity contribution >= 4 is 5.91 Å². The Hall–Kier alpha value is -2.40. The number of pyridine rings is 1. The molecule has 1 amide bonds. The van der Waals surface area contributed by atoms with Gasteiger partial charge in [-0.25, -0.2) is 0 Å². The third-order valence-corrected chi connectivity index (χ3v) is 5.13. The number of aliphatic hydroxyl groups is 1. The van der Waals surface area contributed by atoms with Crippen molar-refractivity contribution in [2.24, 2.45) is 0 Å². The average molecular weight is 368 g/mol. The fourth-order valence-corrected chi connectivity index (χ4v) is 3.60. The molecule has 1 heterocycles. The highest BCUT2D eigenvalue weighted by Crippen LogP contribution is 2.25. The standard InChI is InChI=1S/C22H28N2O3/c1-17-9-5-6-13-21(17)27-16-20(25)22(26)24(19-11-3-2-4-12-19)15-18-10-7-8-14-23-18/h5-10,13-14,19-20,25H,2-4,11-12,15-16H2,1H3. The molecule has 0 aliphatic heterocycles. The van der Waals surface area contributed by atoms with Crippen molar-refractivity contribution in [2.45, 2.75) is 57.7 Å². The van der Waals surface area contributed by atoms with Crippen molar-refractivity contribution in [1.29, 1.82) is 0 Å². The molecule has 27 heavy (non-hydrogen) atoms. The SMILES string of the molecule is Cc1ccccc1OCC(O)C(=O)N(Cc1ccccn1)C1CCCCC1. The number of hydrogen-bond donors (Lipinski definition) is 1. The summed E-state index contributed by atoms with van der Waals surface area (Å²) in [6.45, 7) is 2.32. The molecule has 1 atom stereocenters. The third-order valence-electron chi connectivity index (χ3n) is 5.13. The molecular weight excluding hydrogens is 340 g/mol. The van der Waals surface area contributed by atoms with E-state index in [1.807, 2.05) is 49.4 Å². The quantitative estimate of drug-likeness (QED) is 0.813. The van der Waals surface area contributed by atoms with E-state index in [0.29, 0.717) is 12.3 Å². The molecular formula is C22H28N2O3. The van der Waals surface area contributed by atoms with E-state index in [0.717, 1.165) is 36.9 Å². The second-order valence-electron chi connectivity index (χ2n) is 7.17. The molecule has 1 unspecified atom stereocenters. The molecule has 2 aromatic rings. The summed E-state index contributed by atoms with van der Waals surface area (Å²) in [6.07, 6.45) is 5.94. The number of rotatable bonds is 7. The van der Waals surface area contributed by atoms with Crippen molar-refractivity contribution in [2.75, 3.05) is 6.61 Å². The molecule has 1 N–H and O–H groups in total. The van der Waals surface area contributed by atoms with Gasteiger partial charge in [-0.3, -0.25) is 9.78 Å². The van der Waals surface area contributed by atoms with Gasteiger partial charge in [0.05, 0.1) is 12.2 Å². The van der Waals surface area contributed by atoms with Crippen LogP contribution in [0.4, 0.5) is 0 Å². The van der Waals surface area contributed by atoms with Gasteiger partial charge in [-0.2, -0.15) is 0 Å². The normalized spacial score (nSPS) is 15.9. The first-order valence-electron chi connectivity index (χ1n) is 9.72. The summed E-state index contributed by atoms with van der Waals surface area (Å²) in [5, 5.41) is 10.5. The highest BCUT2D eigenvalue weighted by molar-refractivity contribution is 5.81. The van der Waals surface area contributed by atoms with Crippen LogP contribution < -0.4 is 4.74 Å². The van der Waals surface area contributed by atoms with Gasteiger partial charge >= 0.3 is 0 Å². The van der Waals surface area contributed by atoms with E-state index in [2.05, 4.69) is 4.98 Å². The summed E-state index contributed by atoms with van der Waals surface area (Å²) in [6, 6.07) is 13.5. The number of ether oxygens (including phenoxy) is 1. The fourth-order valence-electron chi connectivity index (χ4n) is 3.60. The first-order chi connectivity index (χ1) is 13.1. The smallest absolute Gasteiger partial charge is 0.255 e. The largest absolute Gasteiger partial charge is 0.490 e. The van der Waals surface area contributed by atoms with E-state index in [9.17, 15) is 9.90 Å². The van der Waals surface area contributed by atoms with Crippen LogP contribution in [0.15, 0.2) is 48.7 Å². The van der Waals surface area contributed by atoms with Gasteiger partial charge < -0.3 is 14.7 Å². The molecule has 5 nitrogen and oxygen atoms in total. The van der Waals surface area contributed by atoms with Gasteiger partial charge in [-0.15, -0.1) is 0 Å². The first-order valence-corrected chi connectivity index (χ1v) is 9.72. The number of amides is 1. The zero-order chi connectivity index (χ0) is 19.1. The molecule has 1 saturated carbocycles. The molecule has 144 valence electrons. The lowest BCUT2D eigenvalue weighted by molar-refractivity contribution is -0.145. The summed E-state index contributed by atoms with van der Waals surface area (Å²) >= 11 is 0. The Morgan fingerprint density at radius 2 is 1.93 bits per heavy atom. The lowest BCUT2D eigenvalue weighted by Gasteiger charge is -2.35. The first kappa shape index (κ1) is 19.4. The molecule has 1 aromatic heterocycles. The minimum absolute atomic E-state index is 0.0465. The monoisotopic (exact) mass is 368 g/mol. The van der Waals surface area contributed by atoms with Crippen LogP contribution in [-0.4, -0.2) is 39.7 Å². The van der Waals surface area contributed by atoms with Gasteiger partial charge in [0.15, 0.2) is 6.10 Å². The van der Waals surface area contributed by atoms with Gasteiger partial charge in [0, 0.05) is 12.2 Å². The van der Waals surface area contributed by atoms with Crippen LogP contribution in [0, 0.1) is 6.92 Å². The van der Waals surface area contributed by atoms with Gasteiger partial charge in [0.2, 0.25) is 0 Å². The summed E-state index contributed by atoms with van der Waals surface area (Å²) < 4.78 is 5.69. The van der Waals surface area contributed by atoms with Crippen molar-refractivity contribution in [3.05, 3.63) is 59.9 Å². The number of benzene rings is 1. The highest BCUT2D eigenvalue weighted by Gasteiger charge is 2.30. The van der Waals surface area contributed by atoms with E-state index in [4.69, 9.17) is 4.74 Å². The molecule has 0 bridgehead atoms. The summed E-state index contributed by atoms with van der Waals surface area (Å²) in [5.41, 5.74) is 1.82. The zero-order valence-corrected chi connectivity index (χ0v) is 15.9. The third kappa shape index (κ3) is 5.30. The Morgan fingerprint density at radius 1 is 1.19 bits per heavy atom. The lowest BCUT2D eigenvalue weighted by atomic mass is 9.93. The van der Waals surface area contributed by atoms with E-state index in [1.54, 1.807) is 11.1 Å². The molecule has 5 heteroatoms. The maximum absolute atomic E-state index is 13.0. The number of carbonyl (C=O) groups excluding carboxylic acids is 1. The topological polar surface area (TPSA) is 62.7 Å². The zero-order valence-electron chi connectivity index (χ0n) is 15.9. The van der Waals surface area contributed by atoms with Gasteiger partial charge in [0.1, 0.15) is 12.4 Å². The van der Waals surface area contributed by atoms with Crippen molar-refractivity contribution in [1.82, 2.24) is 9.88 Å². The number of hydrogen-bond acceptors (Lipinski definition) is 4. The maximum atomic E-state index is 13.0. The Bertz CT molecular complexity index is 729. The number of aryl methyl sites for hydroxylation is 1. The number of nitrogens with zero attached hydrogens (tertiary/aromatic N) is 2. The summed E-state index contributed by atoms with van der Waals surface area (Å²) in [4.78, 5) is 19.2. The molecule has 1 aromatic carbocycles. The predicted molar refractivity (Wildman–Crippen MR) is 104 cm³/mol. The van der Waals surface area contributed by atoms with Gasteiger partial charge in [-0.05, 0) is 43.5 Å². The number of aromatic nitrogens is 1. The van der Waals surface area contributed by atoms with E-state index < -0.39 is 6.10 Å². The van der Waals surface area contributed by atoms with E-state index in [1.165, 1.54) is 6.42 Å². The minimum Gasteiger partial charge on any atom is -0.490 e. The second kappa shape index (κ2) is 9.51. The molecule has 0 radical (unpaired) electrons. The number of aliphatic hydroxyl groups excluding tert-OH is 1. The van der Waals surface area contributed by atoms with Crippen LogP contribution in [0.25, 0.3) is 0 Å². The fraction of sp³-hybridized carbons (Fsp3) is 0.455. The lowest BCUT2D eigenvalue weighted by Crippen LogP contribution is -2.47. The van der Waals surface area contributed by atoms with Crippen LogP contribution in [-0.2, 0) is 11.3 Å². The van der Waals surface area contributed by atoms with Crippen LogP contribution >= 0.6 is 0 Å². The molecule has 3 rings (SSSR count). The van der Waals surface area contributed by atoms with Crippen LogP contribution in [0.5, 0.6) is 5.75 Å². The molecule has 1 aliphatic carbocycles. The highest BCUT2D eigenvalue weighted by atomic mass is 16.5. The van der Waals surface area contributed by atoms with Gasteiger partial charge in [-0.1, -0.05) is 43.5 Å². The Morgan fingerprint density at radius 3 is 2.63 bits per heavy atom. The van der Waals surface area contributed by atoms with Gasteiger partial charge in [0.25, 0.3) is 5.91 Å². The van der Waals surface area contributed by atoms with Crippen LogP contribution in [0.2, 0.25) is 0 Å². The Balaban J connectivity index is 1.68. The van der Waals surface area contributed by atoms with Crippen molar-refractivity contribution < 1.29 is 14.6 Å². The predicted octanol–water partition coefficient (Wildman–Crippen LogP) is 3.49. The van der Waals surface area contributed by atoms with Crippen LogP contribution in [0.3, 0.4) is 0 Å². The average Bonchev–Trinajstić information content (AvgIpc) is 2.72. The molecule has 0 saturated heterocycles. The number of carbonyl (C=O) groups is 1.